The lowest BCUT2D eigenvalue weighted by Gasteiger charge is -2.32. The summed E-state index contributed by atoms with van der Waals surface area (Å²) >= 11 is 0. The van der Waals surface area contributed by atoms with Gasteiger partial charge in [0.2, 0.25) is 0 Å². The number of carboxylic acids is 4. The van der Waals surface area contributed by atoms with E-state index in [2.05, 4.69) is 0 Å². The smallest absolute Gasteiger partial charge is 0.317 e. The number of rotatable bonds is 14. The molecular formula is C16H32N4O8. The second kappa shape index (κ2) is 15.7. The third-order valence-electron chi connectivity index (χ3n) is 3.68. The zero-order valence-electron chi connectivity index (χ0n) is 16.3. The Morgan fingerprint density at radius 2 is 1.18 bits per heavy atom. The highest BCUT2D eigenvalue weighted by Gasteiger charge is 2.25. The molecule has 0 saturated carbocycles. The second-order valence-corrected chi connectivity index (χ2v) is 6.12. The quantitative estimate of drug-likeness (QED) is 0.192. The van der Waals surface area contributed by atoms with E-state index in [0.717, 1.165) is 11.3 Å². The molecule has 0 aliphatic rings. The Kier molecular flexibility index (Phi) is 15.7. The highest BCUT2D eigenvalue weighted by atomic mass is 16.4. The maximum Gasteiger partial charge on any atom is 0.317 e. The number of carboxylic acid groups (broad SMARTS) is 4. The van der Waals surface area contributed by atoms with Crippen molar-refractivity contribution in [2.45, 2.75) is 38.8 Å². The minimum absolute atomic E-state index is 0.0599. The fraction of sp³-hybridized carbons (Fsp3) is 0.750. The molecule has 0 saturated heterocycles. The predicted octanol–water partition coefficient (Wildman–Crippen LogP) is -1.61. The second-order valence-electron chi connectivity index (χ2n) is 6.12. The van der Waals surface area contributed by atoms with Crippen molar-refractivity contribution in [1.82, 2.24) is 9.80 Å². The van der Waals surface area contributed by atoms with Crippen LogP contribution in [0.2, 0.25) is 0 Å². The summed E-state index contributed by atoms with van der Waals surface area (Å²) in [5, 5.41) is 35.2. The van der Waals surface area contributed by atoms with Gasteiger partial charge in [-0.15, -0.1) is 0 Å². The van der Waals surface area contributed by atoms with Gasteiger partial charge in [0.15, 0.2) is 0 Å². The third kappa shape index (κ3) is 15.9. The molecule has 0 fully saturated rings. The van der Waals surface area contributed by atoms with Gasteiger partial charge in [-0.25, -0.2) is 0 Å². The van der Waals surface area contributed by atoms with Crippen LogP contribution in [0.4, 0.5) is 0 Å². The number of aliphatic carboxylic acids is 4. The molecular weight excluding hydrogens is 376 g/mol. The van der Waals surface area contributed by atoms with E-state index in [-0.39, 0.29) is 12.6 Å². The van der Waals surface area contributed by atoms with Gasteiger partial charge >= 0.3 is 23.9 Å². The Morgan fingerprint density at radius 1 is 0.786 bits per heavy atom. The highest BCUT2D eigenvalue weighted by molar-refractivity contribution is 5.73. The van der Waals surface area contributed by atoms with E-state index in [4.69, 9.17) is 31.9 Å². The summed E-state index contributed by atoms with van der Waals surface area (Å²) in [6.45, 7) is 2.13. The van der Waals surface area contributed by atoms with Crippen LogP contribution in [-0.2, 0) is 19.2 Å². The zero-order valence-corrected chi connectivity index (χ0v) is 16.3. The van der Waals surface area contributed by atoms with E-state index in [1.54, 1.807) is 6.92 Å². The van der Waals surface area contributed by atoms with Crippen LogP contribution in [0.1, 0.15) is 26.7 Å². The zero-order chi connectivity index (χ0) is 22.3. The monoisotopic (exact) mass is 408 g/mol. The Labute approximate surface area is 163 Å². The summed E-state index contributed by atoms with van der Waals surface area (Å²) in [4.78, 5) is 45.4. The first-order chi connectivity index (χ1) is 13.0. The van der Waals surface area contributed by atoms with Crippen LogP contribution in [0.5, 0.6) is 0 Å². The molecule has 0 radical (unpaired) electrons. The van der Waals surface area contributed by atoms with Crippen LogP contribution in [0.15, 0.2) is 0 Å². The van der Waals surface area contributed by atoms with E-state index in [0.29, 0.717) is 13.0 Å². The minimum atomic E-state index is -1.22. The van der Waals surface area contributed by atoms with Crippen LogP contribution in [0.25, 0.3) is 0 Å². The first-order valence-electron chi connectivity index (χ1n) is 8.75. The Bertz CT molecular complexity index is 467. The van der Waals surface area contributed by atoms with E-state index >= 15 is 0 Å². The van der Waals surface area contributed by atoms with Crippen molar-refractivity contribution in [3.05, 3.63) is 0 Å². The molecule has 0 amide bonds. The van der Waals surface area contributed by atoms with E-state index in [9.17, 15) is 19.2 Å². The van der Waals surface area contributed by atoms with Crippen molar-refractivity contribution in [2.75, 3.05) is 39.3 Å². The van der Waals surface area contributed by atoms with E-state index < -0.39 is 56.1 Å². The lowest BCUT2D eigenvalue weighted by Crippen LogP contribution is -2.49. The fourth-order valence-electron chi connectivity index (χ4n) is 2.20. The van der Waals surface area contributed by atoms with Crippen LogP contribution in [-0.4, -0.2) is 105 Å². The van der Waals surface area contributed by atoms with Gasteiger partial charge in [0.05, 0.1) is 26.2 Å². The van der Waals surface area contributed by atoms with Crippen molar-refractivity contribution in [2.24, 2.45) is 11.5 Å². The van der Waals surface area contributed by atoms with Crippen molar-refractivity contribution < 1.29 is 39.6 Å². The van der Waals surface area contributed by atoms with E-state index in [1.807, 2.05) is 6.92 Å². The van der Waals surface area contributed by atoms with Crippen LogP contribution in [0.3, 0.4) is 0 Å². The van der Waals surface area contributed by atoms with Gasteiger partial charge in [0, 0.05) is 25.2 Å². The van der Waals surface area contributed by atoms with Gasteiger partial charge in [-0.05, 0) is 12.8 Å². The van der Waals surface area contributed by atoms with Crippen LogP contribution < -0.4 is 11.5 Å². The molecule has 2 atom stereocenters. The molecule has 8 N–H and O–H groups in total. The standard InChI is InChI=1S/C12H20N2O8.C4H12N2/c1-2-8(14(6-11(19)20)7-12(21)22)3-13(4-9(15)16)5-10(17)18;1-2-4(6)3-5/h8H,2-7H2,1H3,(H,15,16)(H,17,18)(H,19,20)(H,21,22);4H,2-3,5-6H2,1H3. The molecule has 0 aromatic rings. The fourth-order valence-corrected chi connectivity index (χ4v) is 2.20. The molecule has 12 nitrogen and oxygen atoms in total. The summed E-state index contributed by atoms with van der Waals surface area (Å²) in [6, 6.07) is -0.379. The summed E-state index contributed by atoms with van der Waals surface area (Å²) in [5.41, 5.74) is 10.5. The number of hydrogen-bond acceptors (Lipinski definition) is 8. The SMILES string of the molecule is CCC(CN(CC(=O)O)CC(=O)O)N(CC(=O)O)CC(=O)O.CCC(N)CN. The Hall–Kier alpha value is -2.28. The van der Waals surface area contributed by atoms with Crippen LogP contribution in [0, 0.1) is 0 Å². The number of nitrogens with zero attached hydrogens (tertiary/aromatic N) is 2. The van der Waals surface area contributed by atoms with Gasteiger partial charge < -0.3 is 31.9 Å². The van der Waals surface area contributed by atoms with Crippen molar-refractivity contribution >= 4 is 23.9 Å². The summed E-state index contributed by atoms with van der Waals surface area (Å²) in [5.74, 6) is -4.89. The first kappa shape index (κ1) is 27.9. The lowest BCUT2D eigenvalue weighted by molar-refractivity contribution is -0.146. The molecule has 164 valence electrons. The van der Waals surface area contributed by atoms with Gasteiger partial charge in [-0.3, -0.25) is 29.0 Å². The molecule has 0 aromatic heterocycles. The summed E-state index contributed by atoms with van der Waals surface area (Å²) < 4.78 is 0. The third-order valence-corrected chi connectivity index (χ3v) is 3.68. The maximum absolute atomic E-state index is 10.8. The molecule has 0 aromatic carbocycles. The van der Waals surface area contributed by atoms with Gasteiger partial charge in [-0.2, -0.15) is 0 Å². The van der Waals surface area contributed by atoms with Crippen molar-refractivity contribution in [3.8, 4) is 0 Å². The molecule has 0 spiro atoms. The largest absolute Gasteiger partial charge is 0.480 e. The molecule has 0 aliphatic carbocycles. The predicted molar refractivity (Wildman–Crippen MR) is 100.0 cm³/mol. The number of hydrogen-bond donors (Lipinski definition) is 6. The molecule has 2 unspecified atom stereocenters. The van der Waals surface area contributed by atoms with Crippen molar-refractivity contribution in [1.29, 1.82) is 0 Å². The maximum atomic E-state index is 10.8. The van der Waals surface area contributed by atoms with Gasteiger partial charge in [0.25, 0.3) is 0 Å². The van der Waals surface area contributed by atoms with Crippen LogP contribution >= 0.6 is 0 Å². The van der Waals surface area contributed by atoms with E-state index in [1.165, 1.54) is 4.90 Å². The van der Waals surface area contributed by atoms with Crippen molar-refractivity contribution in [3.63, 3.8) is 0 Å². The molecule has 0 aliphatic heterocycles. The molecule has 28 heavy (non-hydrogen) atoms. The Balaban J connectivity index is 0. The molecule has 0 bridgehead atoms. The average Bonchev–Trinajstić information content (AvgIpc) is 2.56. The Morgan fingerprint density at radius 3 is 1.39 bits per heavy atom. The molecule has 12 heteroatoms. The minimum Gasteiger partial charge on any atom is -0.480 e. The molecule has 0 heterocycles. The average molecular weight is 408 g/mol. The summed E-state index contributed by atoms with van der Waals surface area (Å²) in [7, 11) is 0. The summed E-state index contributed by atoms with van der Waals surface area (Å²) in [6.07, 6.45) is 1.33. The first-order valence-corrected chi connectivity index (χ1v) is 8.75. The normalized spacial score (nSPS) is 12.8. The topological polar surface area (TPSA) is 208 Å². The number of carbonyl (C=O) groups is 4. The lowest BCUT2D eigenvalue weighted by atomic mass is 10.1. The van der Waals surface area contributed by atoms with Gasteiger partial charge in [-0.1, -0.05) is 13.8 Å². The molecule has 0 rings (SSSR count). The van der Waals surface area contributed by atoms with Gasteiger partial charge in [0.1, 0.15) is 0 Å². The number of nitrogens with two attached hydrogens (primary N) is 2. The highest BCUT2D eigenvalue weighted by Crippen LogP contribution is 2.07.